The minimum absolute atomic E-state index is 0.187. The third kappa shape index (κ3) is 10.1. The minimum Gasteiger partial charge on any atom is -0.377 e. The first-order valence-electron chi connectivity index (χ1n) is 33.8. The lowest BCUT2D eigenvalue weighted by atomic mass is 9.51. The maximum absolute atomic E-state index is 12.1. The highest BCUT2D eigenvalue weighted by atomic mass is 16.3. The number of nitrogens with zero attached hydrogens (tertiary/aromatic N) is 3. The first-order valence-corrected chi connectivity index (χ1v) is 33.8. The number of aryl methyl sites for hydroxylation is 2. The molecule has 12 aliphatic rings. The highest BCUT2D eigenvalue weighted by molar-refractivity contribution is 5.94. The molecule has 9 nitrogen and oxygen atoms in total. The summed E-state index contributed by atoms with van der Waals surface area (Å²) in [7, 11) is 0. The van der Waals surface area contributed by atoms with E-state index in [0.717, 1.165) is 133 Å². The van der Waals surface area contributed by atoms with E-state index in [4.69, 9.17) is 4.98 Å². The van der Waals surface area contributed by atoms with Crippen molar-refractivity contribution < 1.29 is 29.7 Å². The van der Waals surface area contributed by atoms with Crippen molar-refractivity contribution in [1.29, 1.82) is 0 Å². The zero-order valence-corrected chi connectivity index (χ0v) is 54.0. The Kier molecular flexibility index (Phi) is 16.1. The van der Waals surface area contributed by atoms with Crippen LogP contribution in [0.25, 0.3) is 0 Å². The van der Waals surface area contributed by atoms with Gasteiger partial charge in [-0.2, -0.15) is 0 Å². The van der Waals surface area contributed by atoms with Crippen molar-refractivity contribution in [2.24, 2.45) is 51.8 Å². The highest BCUT2D eigenvalue weighted by Crippen LogP contribution is 2.70. The van der Waals surface area contributed by atoms with Crippen LogP contribution in [0.3, 0.4) is 0 Å². The van der Waals surface area contributed by atoms with Crippen LogP contribution in [-0.4, -0.2) is 64.4 Å². The smallest absolute Gasteiger partial charge is 0.156 e. The van der Waals surface area contributed by atoms with Crippen LogP contribution < -0.4 is 0 Å². The number of hydrogen-bond acceptors (Lipinski definition) is 9. The van der Waals surface area contributed by atoms with Crippen LogP contribution in [0.1, 0.15) is 222 Å². The largest absolute Gasteiger partial charge is 0.377 e. The Morgan fingerprint density at radius 1 is 0.461 bits per heavy atom. The molecule has 0 unspecified atom stereocenters. The number of hydrogen-bond donors (Lipinski definition) is 3. The van der Waals surface area contributed by atoms with Gasteiger partial charge in [0.1, 0.15) is 16.8 Å². The van der Waals surface area contributed by atoms with Crippen LogP contribution in [0, 0.1) is 101 Å². The van der Waals surface area contributed by atoms with Crippen molar-refractivity contribution in [3.05, 3.63) is 158 Å². The summed E-state index contributed by atoms with van der Waals surface area (Å²) in [5.41, 5.74) is 15.0. The molecule has 3 heterocycles. The van der Waals surface area contributed by atoms with E-state index in [9.17, 15) is 29.7 Å². The van der Waals surface area contributed by atoms with Gasteiger partial charge < -0.3 is 15.3 Å². The van der Waals surface area contributed by atoms with Crippen LogP contribution >= 0.6 is 0 Å². The Hall–Kier alpha value is -6.54. The molecule has 462 valence electrons. The second-order valence-electron chi connectivity index (χ2n) is 29.6. The molecule has 0 spiro atoms. The summed E-state index contributed by atoms with van der Waals surface area (Å²) in [5, 5.41) is 34.9. The number of fused-ring (bicyclic) bond motifs is 12. The summed E-state index contributed by atoms with van der Waals surface area (Å²) >= 11 is 0. The molecule has 0 saturated heterocycles. The van der Waals surface area contributed by atoms with Crippen LogP contribution in [0.5, 0.6) is 0 Å². The highest BCUT2D eigenvalue weighted by Gasteiger charge is 2.66. The van der Waals surface area contributed by atoms with Crippen molar-refractivity contribution in [3.63, 3.8) is 0 Å². The SMILES string of the molecule is CC#C[C@]1(O)CC[C@H]2[C@@H]3CCC4=CC(=O)CCC4=C3[C@@H](c3ccc(C)cn3)C[C@@]21C.CC#C[C@]1(O)CC[C@H]2[C@@H]3CCC4=CC(=O)CCC4=C3[C@@H](c3ccc(C)nc3)C[C@@]21C.CC#C[C@]1(O)CC[C@H]2[C@@H]3CCC4=CC(=O)CCC4=C3[C@@H](c3cccnc3)C[C@@]21C. The molecular weight excluding hydrogens is 1100 g/mol. The maximum atomic E-state index is 12.1. The summed E-state index contributed by atoms with van der Waals surface area (Å²) in [6.07, 6.45) is 32.2. The Morgan fingerprint density at radius 3 is 1.25 bits per heavy atom. The Balaban J connectivity index is 0.000000123. The lowest BCUT2D eigenvalue weighted by Crippen LogP contribution is -2.51. The fourth-order valence-electron chi connectivity index (χ4n) is 21.0. The topological polar surface area (TPSA) is 151 Å². The van der Waals surface area contributed by atoms with Gasteiger partial charge in [0, 0.05) is 89.4 Å². The van der Waals surface area contributed by atoms with Gasteiger partial charge in [0.15, 0.2) is 17.3 Å². The molecule has 0 radical (unpaired) electrons. The van der Waals surface area contributed by atoms with Crippen molar-refractivity contribution in [1.82, 2.24) is 15.0 Å². The summed E-state index contributed by atoms with van der Waals surface area (Å²) in [6, 6.07) is 12.8. The number of aliphatic hydroxyl groups is 3. The lowest BCUT2D eigenvalue weighted by molar-refractivity contribution is -0.115. The average molecular weight is 1190 g/mol. The van der Waals surface area contributed by atoms with Gasteiger partial charge in [0.25, 0.3) is 0 Å². The molecule has 9 heteroatoms. The zero-order valence-electron chi connectivity index (χ0n) is 54.0. The van der Waals surface area contributed by atoms with E-state index < -0.39 is 16.8 Å². The van der Waals surface area contributed by atoms with Crippen LogP contribution in [-0.2, 0) is 14.4 Å². The van der Waals surface area contributed by atoms with Crippen molar-refractivity contribution in [3.8, 4) is 35.5 Å². The molecular formula is C80H91N3O6. The van der Waals surface area contributed by atoms with Gasteiger partial charge in [0.2, 0.25) is 0 Å². The number of carbonyl (C=O) groups is 3. The first kappa shape index (κ1) is 61.3. The van der Waals surface area contributed by atoms with Crippen molar-refractivity contribution in [2.75, 3.05) is 0 Å². The molecule has 89 heavy (non-hydrogen) atoms. The number of pyridine rings is 3. The summed E-state index contributed by atoms with van der Waals surface area (Å²) in [5.74, 6) is 22.9. The third-order valence-electron chi connectivity index (χ3n) is 25.4. The number of carbonyl (C=O) groups excluding carboxylic acids is 3. The number of allylic oxidation sites excluding steroid dienone is 12. The molecule has 12 aliphatic carbocycles. The van der Waals surface area contributed by atoms with Gasteiger partial charge in [-0.1, -0.05) is 73.5 Å². The van der Waals surface area contributed by atoms with Crippen LogP contribution in [0.2, 0.25) is 0 Å². The summed E-state index contributed by atoms with van der Waals surface area (Å²) < 4.78 is 0. The molecule has 0 amide bonds. The van der Waals surface area contributed by atoms with E-state index in [-0.39, 0.29) is 51.3 Å². The maximum Gasteiger partial charge on any atom is 0.156 e. The Morgan fingerprint density at radius 2 is 0.876 bits per heavy atom. The van der Waals surface area contributed by atoms with Gasteiger partial charge in [-0.05, 0) is 272 Å². The lowest BCUT2D eigenvalue weighted by Gasteiger charge is -2.53. The van der Waals surface area contributed by atoms with E-state index in [0.29, 0.717) is 54.8 Å². The van der Waals surface area contributed by atoms with Gasteiger partial charge in [-0.3, -0.25) is 29.3 Å². The zero-order chi connectivity index (χ0) is 62.4. The van der Waals surface area contributed by atoms with Gasteiger partial charge in [-0.25, -0.2) is 0 Å². The number of aromatic nitrogens is 3. The predicted molar refractivity (Wildman–Crippen MR) is 348 cm³/mol. The van der Waals surface area contributed by atoms with E-state index >= 15 is 0 Å². The second kappa shape index (κ2) is 23.3. The van der Waals surface area contributed by atoms with Gasteiger partial charge >= 0.3 is 0 Å². The predicted octanol–water partition coefficient (Wildman–Crippen LogP) is 14.8. The molecule has 6 fully saturated rings. The first-order chi connectivity index (χ1) is 42.7. The molecule has 3 aromatic heterocycles. The summed E-state index contributed by atoms with van der Waals surface area (Å²) in [6.45, 7) is 16.4. The summed E-state index contributed by atoms with van der Waals surface area (Å²) in [4.78, 5) is 50.1. The normalized spacial score (nSPS) is 37.8. The van der Waals surface area contributed by atoms with Crippen molar-refractivity contribution in [2.45, 2.75) is 225 Å². The van der Waals surface area contributed by atoms with Gasteiger partial charge in [0.05, 0.1) is 0 Å². The van der Waals surface area contributed by atoms with Crippen LogP contribution in [0.15, 0.2) is 130 Å². The van der Waals surface area contributed by atoms with E-state index in [1.807, 2.05) is 76.8 Å². The molecule has 0 aliphatic heterocycles. The number of ketones is 3. The fraction of sp³-hybridized carbons (Fsp3) is 0.550. The quantitative estimate of drug-likeness (QED) is 0.218. The molecule has 15 rings (SSSR count). The third-order valence-corrected chi connectivity index (χ3v) is 25.4. The number of rotatable bonds is 3. The molecule has 15 atom stereocenters. The minimum atomic E-state index is -0.926. The Labute approximate surface area is 529 Å². The molecule has 0 bridgehead atoms. The fourth-order valence-corrected chi connectivity index (χ4v) is 21.0. The molecule has 0 aromatic carbocycles. The molecule has 6 saturated carbocycles. The van der Waals surface area contributed by atoms with Gasteiger partial charge in [-0.15, -0.1) is 17.8 Å². The average Bonchev–Trinajstić information content (AvgIpc) is 1.68. The van der Waals surface area contributed by atoms with E-state index in [2.05, 4.69) is 104 Å². The second-order valence-corrected chi connectivity index (χ2v) is 29.6. The van der Waals surface area contributed by atoms with Crippen molar-refractivity contribution >= 4 is 17.3 Å². The van der Waals surface area contributed by atoms with Crippen LogP contribution in [0.4, 0.5) is 0 Å². The molecule has 3 N–H and O–H groups in total. The van der Waals surface area contributed by atoms with E-state index in [1.165, 1.54) is 50.1 Å². The molecule has 3 aromatic rings. The Bertz CT molecular complexity index is 3640. The standard InChI is InChI=1S/2C27H31NO2.C26H29NO2/c1-4-12-27(30)13-11-23-21-8-6-18-14-19(29)7-9-20(18)25(21)22(15-26(23,27)3)24-10-5-17(2)16-28-24;1-4-12-27(30)13-11-24-22-9-7-18-14-20(29)8-10-21(18)25(22)23(15-26(24,27)3)19-6-5-17(2)28-16-19;1-3-11-26(29)12-10-23-21-8-6-17-14-19(28)7-9-20(17)24(21)22(15-25(23,26)2)18-5-4-13-27-16-18/h5,10,14,16,21-23,30H,6-9,11,13,15H2,1-3H3;5-6,14,16,22-24,30H,7-11,13,15H2,1-3H3;4-5,13-14,16,21-23,29H,6-10,12,15H2,1-2H3/t21-,22+,23-,26-,27-;22-,23+,24-,26-,27-;21-,22+,23-,25-,26-/m000/s1. The van der Waals surface area contributed by atoms with E-state index in [1.54, 1.807) is 11.1 Å². The monoisotopic (exact) mass is 1190 g/mol.